The van der Waals surface area contributed by atoms with E-state index < -0.39 is 5.97 Å². The van der Waals surface area contributed by atoms with Gasteiger partial charge in [-0.1, -0.05) is 24.3 Å². The summed E-state index contributed by atoms with van der Waals surface area (Å²) in [5, 5.41) is 14.0. The van der Waals surface area contributed by atoms with Gasteiger partial charge < -0.3 is 10.4 Å². The Bertz CT molecular complexity index is 614. The number of aliphatic carboxylic acids is 1. The molecule has 0 aliphatic heterocycles. The molecule has 0 saturated heterocycles. The van der Waals surface area contributed by atoms with Gasteiger partial charge >= 0.3 is 5.97 Å². The van der Waals surface area contributed by atoms with Gasteiger partial charge in [0, 0.05) is 28.2 Å². The molecule has 0 fully saturated rings. The van der Waals surface area contributed by atoms with Crippen molar-refractivity contribution in [3.05, 3.63) is 34.4 Å². The molecule has 5 heteroatoms. The van der Waals surface area contributed by atoms with Crippen LogP contribution in [-0.4, -0.2) is 22.6 Å². The Morgan fingerprint density at radius 1 is 1.37 bits per heavy atom. The maximum atomic E-state index is 10.5. The Morgan fingerprint density at radius 3 is 2.74 bits per heavy atom. The van der Waals surface area contributed by atoms with Crippen molar-refractivity contribution in [2.75, 3.05) is 11.9 Å². The summed E-state index contributed by atoms with van der Waals surface area (Å²) < 4.78 is 0.999. The Labute approximate surface area is 120 Å². The van der Waals surface area contributed by atoms with Gasteiger partial charge in [0.15, 0.2) is 0 Å². The van der Waals surface area contributed by atoms with E-state index in [2.05, 4.69) is 26.2 Å². The molecule has 1 aromatic heterocycles. The molecule has 2 aromatic rings. The van der Waals surface area contributed by atoms with E-state index in [1.165, 1.54) is 0 Å². The summed E-state index contributed by atoms with van der Waals surface area (Å²) in [6.07, 6.45) is 0.751. The minimum Gasteiger partial charge on any atom is -0.481 e. The van der Waals surface area contributed by atoms with Crippen LogP contribution in [0.15, 0.2) is 28.7 Å². The predicted molar refractivity (Wildman–Crippen MR) is 79.5 cm³/mol. The first-order chi connectivity index (χ1) is 9.09. The molecule has 1 heterocycles. The lowest BCUT2D eigenvalue weighted by atomic mass is 10.1. The van der Waals surface area contributed by atoms with Crippen LogP contribution in [0.1, 0.15) is 18.5 Å². The van der Waals surface area contributed by atoms with E-state index in [0.29, 0.717) is 13.0 Å². The van der Waals surface area contributed by atoms with Crippen molar-refractivity contribution >= 4 is 38.5 Å². The SMILES string of the molecule is Cc1nc(NCCCC(=O)O)c2ccccc2c1Br. The van der Waals surface area contributed by atoms with E-state index in [1.807, 2.05) is 31.2 Å². The van der Waals surface area contributed by atoms with Crippen molar-refractivity contribution in [3.63, 3.8) is 0 Å². The number of nitrogens with zero attached hydrogens (tertiary/aromatic N) is 1. The number of carbonyl (C=O) groups is 1. The first-order valence-corrected chi connectivity index (χ1v) is 6.89. The molecule has 0 saturated carbocycles. The lowest BCUT2D eigenvalue weighted by Crippen LogP contribution is -2.07. The predicted octanol–water partition coefficient (Wildman–Crippen LogP) is 3.58. The van der Waals surface area contributed by atoms with Crippen LogP contribution < -0.4 is 5.32 Å². The van der Waals surface area contributed by atoms with E-state index >= 15 is 0 Å². The molecule has 19 heavy (non-hydrogen) atoms. The van der Waals surface area contributed by atoms with Crippen LogP contribution in [-0.2, 0) is 4.79 Å². The third-order valence-electron chi connectivity index (χ3n) is 2.88. The largest absolute Gasteiger partial charge is 0.481 e. The fourth-order valence-electron chi connectivity index (χ4n) is 1.93. The van der Waals surface area contributed by atoms with Gasteiger partial charge in [-0.25, -0.2) is 4.98 Å². The third kappa shape index (κ3) is 3.23. The minimum atomic E-state index is -0.772. The number of fused-ring (bicyclic) bond motifs is 1. The third-order valence-corrected chi connectivity index (χ3v) is 3.88. The molecule has 2 rings (SSSR count). The number of benzene rings is 1. The highest BCUT2D eigenvalue weighted by Crippen LogP contribution is 2.30. The first kappa shape index (κ1) is 13.8. The number of aryl methyl sites for hydroxylation is 1. The fourth-order valence-corrected chi connectivity index (χ4v) is 2.37. The number of nitrogens with one attached hydrogen (secondary N) is 1. The van der Waals surface area contributed by atoms with Crippen LogP contribution in [0.5, 0.6) is 0 Å². The highest BCUT2D eigenvalue weighted by atomic mass is 79.9. The average molecular weight is 323 g/mol. The van der Waals surface area contributed by atoms with Gasteiger partial charge in [0.2, 0.25) is 0 Å². The van der Waals surface area contributed by atoms with E-state index in [-0.39, 0.29) is 6.42 Å². The number of halogens is 1. The van der Waals surface area contributed by atoms with E-state index in [4.69, 9.17) is 5.11 Å². The lowest BCUT2D eigenvalue weighted by Gasteiger charge is -2.11. The van der Waals surface area contributed by atoms with Crippen LogP contribution in [0.2, 0.25) is 0 Å². The standard InChI is InChI=1S/C14H15BrN2O2/c1-9-13(15)10-5-2-3-6-11(10)14(17-9)16-8-4-7-12(18)19/h2-3,5-6H,4,7-8H2,1H3,(H,16,17)(H,18,19). The highest BCUT2D eigenvalue weighted by molar-refractivity contribution is 9.10. The number of hydrogen-bond acceptors (Lipinski definition) is 3. The summed E-state index contributed by atoms with van der Waals surface area (Å²) in [6, 6.07) is 8.00. The topological polar surface area (TPSA) is 62.2 Å². The van der Waals surface area contributed by atoms with Crippen molar-refractivity contribution < 1.29 is 9.90 Å². The van der Waals surface area contributed by atoms with Gasteiger partial charge in [-0.3, -0.25) is 4.79 Å². The second-order valence-corrected chi connectivity index (χ2v) is 5.12. The lowest BCUT2D eigenvalue weighted by molar-refractivity contribution is -0.137. The summed E-state index contributed by atoms with van der Waals surface area (Å²) in [7, 11) is 0. The Morgan fingerprint density at radius 2 is 2.05 bits per heavy atom. The number of hydrogen-bond donors (Lipinski definition) is 2. The van der Waals surface area contributed by atoms with Crippen LogP contribution in [0, 0.1) is 6.92 Å². The number of carboxylic acid groups (broad SMARTS) is 1. The van der Waals surface area contributed by atoms with Gasteiger partial charge in [0.05, 0.1) is 5.69 Å². The summed E-state index contributed by atoms with van der Waals surface area (Å²) in [6.45, 7) is 2.54. The van der Waals surface area contributed by atoms with Gasteiger partial charge in [0.1, 0.15) is 5.82 Å². The number of pyridine rings is 1. The molecule has 0 aliphatic carbocycles. The molecule has 0 atom stereocenters. The summed E-state index contributed by atoms with van der Waals surface area (Å²) in [5.41, 5.74) is 0.916. The molecule has 0 radical (unpaired) electrons. The van der Waals surface area contributed by atoms with E-state index in [9.17, 15) is 4.79 Å². The zero-order valence-electron chi connectivity index (χ0n) is 10.6. The van der Waals surface area contributed by atoms with Gasteiger partial charge in [-0.2, -0.15) is 0 Å². The van der Waals surface area contributed by atoms with Crippen molar-refractivity contribution in [1.82, 2.24) is 4.98 Å². The summed E-state index contributed by atoms with van der Waals surface area (Å²) in [5.74, 6) is 0.0355. The van der Waals surface area contributed by atoms with Crippen LogP contribution in [0.3, 0.4) is 0 Å². The number of carboxylic acids is 1. The molecular weight excluding hydrogens is 308 g/mol. The second-order valence-electron chi connectivity index (χ2n) is 4.33. The Kier molecular flexibility index (Phi) is 4.37. The number of aromatic nitrogens is 1. The van der Waals surface area contributed by atoms with Gasteiger partial charge in [-0.05, 0) is 29.3 Å². The zero-order chi connectivity index (χ0) is 13.8. The van der Waals surface area contributed by atoms with Crippen molar-refractivity contribution in [1.29, 1.82) is 0 Å². The van der Waals surface area contributed by atoms with Crippen LogP contribution >= 0.6 is 15.9 Å². The van der Waals surface area contributed by atoms with Crippen molar-refractivity contribution in [2.24, 2.45) is 0 Å². The minimum absolute atomic E-state index is 0.167. The van der Waals surface area contributed by atoms with Crippen molar-refractivity contribution in [2.45, 2.75) is 19.8 Å². The quantitative estimate of drug-likeness (QED) is 0.826. The van der Waals surface area contributed by atoms with Crippen LogP contribution in [0.4, 0.5) is 5.82 Å². The highest BCUT2D eigenvalue weighted by Gasteiger charge is 2.08. The summed E-state index contributed by atoms with van der Waals surface area (Å²) in [4.78, 5) is 15.0. The number of rotatable bonds is 5. The molecule has 100 valence electrons. The van der Waals surface area contributed by atoms with E-state index in [0.717, 1.165) is 26.8 Å². The average Bonchev–Trinajstić information content (AvgIpc) is 2.40. The first-order valence-electron chi connectivity index (χ1n) is 6.10. The zero-order valence-corrected chi connectivity index (χ0v) is 12.2. The maximum absolute atomic E-state index is 10.5. The molecule has 0 unspecified atom stereocenters. The van der Waals surface area contributed by atoms with E-state index in [1.54, 1.807) is 0 Å². The molecule has 4 nitrogen and oxygen atoms in total. The molecule has 0 spiro atoms. The molecule has 2 N–H and O–H groups in total. The second kappa shape index (κ2) is 6.02. The molecule has 0 bridgehead atoms. The Balaban J connectivity index is 2.23. The molecular formula is C14H15BrN2O2. The van der Waals surface area contributed by atoms with Gasteiger partial charge in [-0.15, -0.1) is 0 Å². The number of anilines is 1. The fraction of sp³-hybridized carbons (Fsp3) is 0.286. The van der Waals surface area contributed by atoms with Gasteiger partial charge in [0.25, 0.3) is 0 Å². The smallest absolute Gasteiger partial charge is 0.303 e. The summed E-state index contributed by atoms with van der Waals surface area (Å²) >= 11 is 3.55. The van der Waals surface area contributed by atoms with Crippen LogP contribution in [0.25, 0.3) is 10.8 Å². The molecule has 0 amide bonds. The Hall–Kier alpha value is -1.62. The van der Waals surface area contributed by atoms with Crippen molar-refractivity contribution in [3.8, 4) is 0 Å². The maximum Gasteiger partial charge on any atom is 0.303 e. The molecule has 0 aliphatic rings. The normalized spacial score (nSPS) is 10.6. The monoisotopic (exact) mass is 322 g/mol. The molecule has 1 aromatic carbocycles.